The van der Waals surface area contributed by atoms with Gasteiger partial charge in [0.15, 0.2) is 23.3 Å². The SMILES string of the molecule is CC(C)C(C#N)Nc1cc(F)c(F)c(F)c1F. The number of benzene rings is 1. The van der Waals surface area contributed by atoms with Crippen LogP contribution in [-0.4, -0.2) is 6.04 Å². The summed E-state index contributed by atoms with van der Waals surface area (Å²) < 4.78 is 51.7. The lowest BCUT2D eigenvalue weighted by atomic mass is 10.1. The second kappa shape index (κ2) is 5.04. The second-order valence-electron chi connectivity index (χ2n) is 3.84. The first-order valence-electron chi connectivity index (χ1n) is 4.87. The van der Waals surface area contributed by atoms with Crippen molar-refractivity contribution in [3.63, 3.8) is 0 Å². The van der Waals surface area contributed by atoms with E-state index in [2.05, 4.69) is 5.32 Å². The van der Waals surface area contributed by atoms with Crippen molar-refractivity contribution in [2.45, 2.75) is 19.9 Å². The zero-order valence-electron chi connectivity index (χ0n) is 9.19. The Balaban J connectivity index is 3.12. The van der Waals surface area contributed by atoms with E-state index in [1.807, 2.05) is 6.07 Å². The fourth-order valence-corrected chi connectivity index (χ4v) is 1.19. The summed E-state index contributed by atoms with van der Waals surface area (Å²) in [6.45, 7) is 3.35. The van der Waals surface area contributed by atoms with Gasteiger partial charge in [-0.15, -0.1) is 0 Å². The Morgan fingerprint density at radius 2 is 1.71 bits per heavy atom. The maximum atomic E-state index is 13.2. The molecule has 2 nitrogen and oxygen atoms in total. The molecular weight excluding hydrogens is 236 g/mol. The van der Waals surface area contributed by atoms with Crippen molar-refractivity contribution < 1.29 is 17.6 Å². The van der Waals surface area contributed by atoms with E-state index in [9.17, 15) is 17.6 Å². The van der Waals surface area contributed by atoms with E-state index in [1.54, 1.807) is 13.8 Å². The molecule has 0 radical (unpaired) electrons. The van der Waals surface area contributed by atoms with Gasteiger partial charge in [0, 0.05) is 6.07 Å². The van der Waals surface area contributed by atoms with Crippen molar-refractivity contribution in [1.29, 1.82) is 5.26 Å². The lowest BCUT2D eigenvalue weighted by Gasteiger charge is -2.17. The van der Waals surface area contributed by atoms with E-state index < -0.39 is 35.0 Å². The highest BCUT2D eigenvalue weighted by atomic mass is 19.2. The van der Waals surface area contributed by atoms with E-state index in [4.69, 9.17) is 5.26 Å². The smallest absolute Gasteiger partial charge is 0.199 e. The van der Waals surface area contributed by atoms with Crippen LogP contribution in [0.2, 0.25) is 0 Å². The number of nitrogens with zero attached hydrogens (tertiary/aromatic N) is 1. The molecule has 0 amide bonds. The van der Waals surface area contributed by atoms with Gasteiger partial charge in [0.1, 0.15) is 6.04 Å². The Labute approximate surface area is 95.9 Å². The first-order chi connectivity index (χ1) is 7.88. The monoisotopic (exact) mass is 246 g/mol. The Kier molecular flexibility index (Phi) is 3.94. The van der Waals surface area contributed by atoms with E-state index >= 15 is 0 Å². The van der Waals surface area contributed by atoms with Gasteiger partial charge >= 0.3 is 0 Å². The van der Waals surface area contributed by atoms with Gasteiger partial charge in [-0.25, -0.2) is 17.6 Å². The van der Waals surface area contributed by atoms with Crippen LogP contribution in [-0.2, 0) is 0 Å². The summed E-state index contributed by atoms with van der Waals surface area (Å²) in [5, 5.41) is 11.1. The third-order valence-corrected chi connectivity index (χ3v) is 2.22. The predicted octanol–water partition coefficient (Wildman–Crippen LogP) is 3.20. The Morgan fingerprint density at radius 1 is 1.12 bits per heavy atom. The standard InChI is InChI=1S/C11H10F4N2/c1-5(2)8(4-16)17-7-3-6(12)9(13)11(15)10(7)14/h3,5,8,17H,1-2H3. The average Bonchev–Trinajstić information content (AvgIpc) is 2.29. The van der Waals surface area contributed by atoms with Crippen molar-refractivity contribution >= 4 is 5.69 Å². The van der Waals surface area contributed by atoms with Crippen LogP contribution >= 0.6 is 0 Å². The topological polar surface area (TPSA) is 35.8 Å². The Morgan fingerprint density at radius 3 is 2.18 bits per heavy atom. The van der Waals surface area contributed by atoms with Crippen LogP contribution in [0, 0.1) is 40.5 Å². The molecular formula is C11H10F4N2. The maximum Gasteiger partial charge on any atom is 0.199 e. The normalized spacial score (nSPS) is 12.4. The fraction of sp³-hybridized carbons (Fsp3) is 0.364. The molecule has 0 saturated carbocycles. The Bertz CT molecular complexity index is 466. The molecule has 1 rings (SSSR count). The number of halogens is 4. The molecule has 0 saturated heterocycles. The van der Waals surface area contributed by atoms with E-state index in [1.165, 1.54) is 0 Å². The van der Waals surface area contributed by atoms with Gasteiger partial charge in [0.2, 0.25) is 0 Å². The molecule has 17 heavy (non-hydrogen) atoms. The molecule has 0 fully saturated rings. The molecule has 0 aromatic heterocycles. The molecule has 1 N–H and O–H groups in total. The zero-order valence-corrected chi connectivity index (χ0v) is 9.19. The van der Waals surface area contributed by atoms with E-state index in [0.29, 0.717) is 6.07 Å². The summed E-state index contributed by atoms with van der Waals surface area (Å²) in [6.07, 6.45) is 0. The van der Waals surface area contributed by atoms with Gasteiger partial charge in [-0.3, -0.25) is 0 Å². The van der Waals surface area contributed by atoms with Crippen molar-refractivity contribution in [3.05, 3.63) is 29.3 Å². The third kappa shape index (κ3) is 2.67. The summed E-state index contributed by atoms with van der Waals surface area (Å²) in [5.74, 6) is -7.01. The molecule has 92 valence electrons. The minimum absolute atomic E-state index is 0.199. The van der Waals surface area contributed by atoms with Gasteiger partial charge in [0.25, 0.3) is 0 Å². The molecule has 1 unspecified atom stereocenters. The molecule has 0 heterocycles. The van der Waals surface area contributed by atoms with Crippen LogP contribution < -0.4 is 5.32 Å². The zero-order chi connectivity index (χ0) is 13.2. The first-order valence-corrected chi connectivity index (χ1v) is 4.87. The number of hydrogen-bond donors (Lipinski definition) is 1. The number of nitriles is 1. The maximum absolute atomic E-state index is 13.2. The van der Waals surface area contributed by atoms with E-state index in [0.717, 1.165) is 0 Å². The van der Waals surface area contributed by atoms with Crippen LogP contribution in [0.25, 0.3) is 0 Å². The highest BCUT2D eigenvalue weighted by Crippen LogP contribution is 2.24. The number of anilines is 1. The number of hydrogen-bond acceptors (Lipinski definition) is 2. The van der Waals surface area contributed by atoms with Crippen LogP contribution in [0.1, 0.15) is 13.8 Å². The first kappa shape index (κ1) is 13.3. The van der Waals surface area contributed by atoms with Crippen molar-refractivity contribution in [2.24, 2.45) is 5.92 Å². The third-order valence-electron chi connectivity index (χ3n) is 2.22. The highest BCUT2D eigenvalue weighted by molar-refractivity contribution is 5.48. The highest BCUT2D eigenvalue weighted by Gasteiger charge is 2.21. The van der Waals surface area contributed by atoms with Gasteiger partial charge < -0.3 is 5.32 Å². The quantitative estimate of drug-likeness (QED) is 0.505. The Hall–Kier alpha value is -1.77. The van der Waals surface area contributed by atoms with Crippen molar-refractivity contribution in [3.8, 4) is 6.07 Å². The molecule has 1 aromatic carbocycles. The van der Waals surface area contributed by atoms with Crippen LogP contribution in [0.15, 0.2) is 6.07 Å². The summed E-state index contributed by atoms with van der Waals surface area (Å²) in [5.41, 5.74) is -0.568. The summed E-state index contributed by atoms with van der Waals surface area (Å²) >= 11 is 0. The van der Waals surface area contributed by atoms with Crippen LogP contribution in [0.4, 0.5) is 23.2 Å². The largest absolute Gasteiger partial charge is 0.367 e. The molecule has 1 aromatic rings. The minimum atomic E-state index is -1.90. The molecule has 0 aliphatic carbocycles. The molecule has 0 aliphatic rings. The second-order valence-corrected chi connectivity index (χ2v) is 3.84. The molecule has 0 bridgehead atoms. The fourth-order valence-electron chi connectivity index (χ4n) is 1.19. The van der Waals surface area contributed by atoms with Gasteiger partial charge in [-0.1, -0.05) is 13.8 Å². The molecule has 0 spiro atoms. The lowest BCUT2D eigenvalue weighted by Crippen LogP contribution is -2.24. The van der Waals surface area contributed by atoms with Gasteiger partial charge in [0.05, 0.1) is 11.8 Å². The molecule has 1 atom stereocenters. The van der Waals surface area contributed by atoms with E-state index in [-0.39, 0.29) is 5.92 Å². The minimum Gasteiger partial charge on any atom is -0.367 e. The summed E-state index contributed by atoms with van der Waals surface area (Å²) in [6, 6.07) is 1.48. The lowest BCUT2D eigenvalue weighted by molar-refractivity contribution is 0.410. The van der Waals surface area contributed by atoms with Gasteiger partial charge in [-0.2, -0.15) is 5.26 Å². The summed E-state index contributed by atoms with van der Waals surface area (Å²) in [4.78, 5) is 0. The molecule has 0 aliphatic heterocycles. The van der Waals surface area contributed by atoms with Crippen LogP contribution in [0.5, 0.6) is 0 Å². The molecule has 6 heteroatoms. The number of rotatable bonds is 3. The number of nitrogens with one attached hydrogen (secondary N) is 1. The van der Waals surface area contributed by atoms with Crippen molar-refractivity contribution in [2.75, 3.05) is 5.32 Å². The van der Waals surface area contributed by atoms with Gasteiger partial charge in [-0.05, 0) is 5.92 Å². The van der Waals surface area contributed by atoms with Crippen molar-refractivity contribution in [1.82, 2.24) is 0 Å². The average molecular weight is 246 g/mol. The van der Waals surface area contributed by atoms with Crippen LogP contribution in [0.3, 0.4) is 0 Å². The summed E-state index contributed by atoms with van der Waals surface area (Å²) in [7, 11) is 0. The predicted molar refractivity (Wildman–Crippen MR) is 54.1 cm³/mol.